The quantitative estimate of drug-likeness (QED) is 0.852. The zero-order valence-corrected chi connectivity index (χ0v) is 12.0. The summed E-state index contributed by atoms with van der Waals surface area (Å²) in [5.74, 6) is 0.943. The van der Waals surface area contributed by atoms with E-state index in [1.54, 1.807) is 17.1 Å². The first-order valence-corrected chi connectivity index (χ1v) is 7.31. The predicted octanol–water partition coefficient (Wildman–Crippen LogP) is 2.87. The summed E-state index contributed by atoms with van der Waals surface area (Å²) in [4.78, 5) is 0. The van der Waals surface area contributed by atoms with Crippen LogP contribution in [-0.4, -0.2) is 22.4 Å². The van der Waals surface area contributed by atoms with E-state index in [0.717, 1.165) is 12.3 Å². The fourth-order valence-electron chi connectivity index (χ4n) is 2.04. The van der Waals surface area contributed by atoms with Gasteiger partial charge in [-0.15, -0.1) is 0 Å². The summed E-state index contributed by atoms with van der Waals surface area (Å²) in [5, 5.41) is 8.29. The van der Waals surface area contributed by atoms with Crippen molar-refractivity contribution in [2.24, 2.45) is 0 Å². The van der Waals surface area contributed by atoms with E-state index in [1.807, 2.05) is 18.2 Å². The highest BCUT2D eigenvalue weighted by molar-refractivity contribution is 6.30. The Morgan fingerprint density at radius 3 is 2.95 bits per heavy atom. The second-order valence-electron chi connectivity index (χ2n) is 5.03. The van der Waals surface area contributed by atoms with E-state index in [0.29, 0.717) is 24.2 Å². The number of hydrogen-bond acceptors (Lipinski definition) is 3. The van der Waals surface area contributed by atoms with Crippen molar-refractivity contribution in [2.45, 2.75) is 32.0 Å². The number of nitrogens with zero attached hydrogens (tertiary/aromatic N) is 2. The highest BCUT2D eigenvalue weighted by atomic mass is 35.5. The maximum Gasteiger partial charge on any atom is 0.123 e. The van der Waals surface area contributed by atoms with Gasteiger partial charge in [0, 0.05) is 24.3 Å². The molecule has 1 aliphatic carbocycles. The zero-order chi connectivity index (χ0) is 13.8. The van der Waals surface area contributed by atoms with E-state index >= 15 is 0 Å². The lowest BCUT2D eigenvalue weighted by molar-refractivity contribution is 0.288. The van der Waals surface area contributed by atoms with Crippen molar-refractivity contribution in [3.63, 3.8) is 0 Å². The van der Waals surface area contributed by atoms with Crippen molar-refractivity contribution in [1.29, 1.82) is 0 Å². The van der Waals surface area contributed by atoms with Crippen LogP contribution < -0.4 is 10.1 Å². The summed E-state index contributed by atoms with van der Waals surface area (Å²) in [7, 11) is 0. The van der Waals surface area contributed by atoms with Gasteiger partial charge in [-0.1, -0.05) is 29.8 Å². The summed E-state index contributed by atoms with van der Waals surface area (Å²) in [5.41, 5.74) is 1.21. The molecule has 1 heterocycles. The summed E-state index contributed by atoms with van der Waals surface area (Å²) >= 11 is 5.83. The Morgan fingerprint density at radius 2 is 2.20 bits per heavy atom. The molecule has 0 unspecified atom stereocenters. The Bertz CT molecular complexity index is 566. The first kappa shape index (κ1) is 13.5. The van der Waals surface area contributed by atoms with Crippen molar-refractivity contribution < 1.29 is 4.74 Å². The van der Waals surface area contributed by atoms with Crippen molar-refractivity contribution in [1.82, 2.24) is 15.1 Å². The number of para-hydroxylation sites is 1. The lowest BCUT2D eigenvalue weighted by atomic mass is 10.2. The lowest BCUT2D eigenvalue weighted by Gasteiger charge is -2.12. The Morgan fingerprint density at radius 1 is 1.35 bits per heavy atom. The third kappa shape index (κ3) is 3.74. The van der Waals surface area contributed by atoms with E-state index < -0.39 is 0 Å². The molecule has 0 bridgehead atoms. The molecule has 1 aromatic heterocycles. The fraction of sp³-hybridized carbons (Fsp3) is 0.400. The average Bonchev–Trinajstić information content (AvgIpc) is 3.20. The molecule has 0 atom stereocenters. The van der Waals surface area contributed by atoms with Gasteiger partial charge in [0.15, 0.2) is 0 Å². The number of aromatic nitrogens is 2. The highest BCUT2D eigenvalue weighted by Gasteiger charge is 2.20. The smallest absolute Gasteiger partial charge is 0.123 e. The minimum Gasteiger partial charge on any atom is -0.491 e. The molecular weight excluding hydrogens is 274 g/mol. The molecule has 5 heteroatoms. The number of hydrogen-bond donors (Lipinski definition) is 1. The van der Waals surface area contributed by atoms with Gasteiger partial charge in [0.2, 0.25) is 0 Å². The molecule has 4 nitrogen and oxygen atoms in total. The van der Waals surface area contributed by atoms with Crippen molar-refractivity contribution in [3.05, 3.63) is 47.2 Å². The number of rotatable bonds is 7. The number of nitrogens with one attached hydrogen (secondary N) is 1. The first-order chi connectivity index (χ1) is 9.81. The monoisotopic (exact) mass is 291 g/mol. The van der Waals surface area contributed by atoms with E-state index in [-0.39, 0.29) is 0 Å². The molecule has 0 amide bonds. The normalized spacial score (nSPS) is 14.4. The van der Waals surface area contributed by atoms with E-state index in [4.69, 9.17) is 16.3 Å². The average molecular weight is 292 g/mol. The molecule has 1 fully saturated rings. The largest absolute Gasteiger partial charge is 0.491 e. The predicted molar refractivity (Wildman–Crippen MR) is 79.0 cm³/mol. The minimum atomic E-state index is 0.582. The van der Waals surface area contributed by atoms with Crippen molar-refractivity contribution >= 4 is 11.6 Å². The summed E-state index contributed by atoms with van der Waals surface area (Å²) in [6.07, 6.45) is 6.02. The van der Waals surface area contributed by atoms with Crippen LogP contribution in [0.4, 0.5) is 0 Å². The molecule has 1 saturated carbocycles. The standard InChI is InChI=1S/C15H18ClN3O/c16-13-10-18-19(11-13)7-8-20-15-4-2-1-3-12(15)9-17-14-5-6-14/h1-4,10-11,14,17H,5-9H2. The van der Waals surface area contributed by atoms with Gasteiger partial charge in [-0.2, -0.15) is 5.10 Å². The lowest BCUT2D eigenvalue weighted by Crippen LogP contribution is -2.16. The summed E-state index contributed by atoms with van der Waals surface area (Å²) in [6, 6.07) is 8.87. The second-order valence-corrected chi connectivity index (χ2v) is 5.47. The van der Waals surface area contributed by atoms with Gasteiger partial charge in [0.05, 0.1) is 17.8 Å². The van der Waals surface area contributed by atoms with Gasteiger partial charge < -0.3 is 10.1 Å². The Balaban J connectivity index is 1.53. The van der Waals surface area contributed by atoms with Crippen LogP contribution in [0.5, 0.6) is 5.75 Å². The molecule has 0 spiro atoms. The van der Waals surface area contributed by atoms with Crippen LogP contribution in [0.25, 0.3) is 0 Å². The molecule has 106 valence electrons. The highest BCUT2D eigenvalue weighted by Crippen LogP contribution is 2.22. The maximum atomic E-state index is 5.86. The van der Waals surface area contributed by atoms with Crippen LogP contribution in [-0.2, 0) is 13.1 Å². The number of benzene rings is 1. The van der Waals surface area contributed by atoms with Crippen molar-refractivity contribution in [3.8, 4) is 5.75 Å². The van der Waals surface area contributed by atoms with Gasteiger partial charge in [0.25, 0.3) is 0 Å². The zero-order valence-electron chi connectivity index (χ0n) is 11.3. The molecule has 0 saturated heterocycles. The number of ether oxygens (including phenoxy) is 1. The van der Waals surface area contributed by atoms with Crippen LogP contribution >= 0.6 is 11.6 Å². The van der Waals surface area contributed by atoms with Crippen LogP contribution in [0.2, 0.25) is 5.02 Å². The third-order valence-corrected chi connectivity index (χ3v) is 3.51. The molecule has 3 rings (SSSR count). The molecule has 2 aromatic rings. The van der Waals surface area contributed by atoms with Gasteiger partial charge in [-0.05, 0) is 18.9 Å². The topological polar surface area (TPSA) is 39.1 Å². The Hall–Kier alpha value is -1.52. The van der Waals surface area contributed by atoms with Gasteiger partial charge >= 0.3 is 0 Å². The van der Waals surface area contributed by atoms with Gasteiger partial charge in [-0.25, -0.2) is 0 Å². The summed E-state index contributed by atoms with van der Waals surface area (Å²) < 4.78 is 7.64. The van der Waals surface area contributed by atoms with Gasteiger partial charge in [0.1, 0.15) is 12.4 Å². The van der Waals surface area contributed by atoms with Gasteiger partial charge in [-0.3, -0.25) is 4.68 Å². The summed E-state index contributed by atoms with van der Waals surface area (Å²) in [6.45, 7) is 2.14. The molecule has 0 aliphatic heterocycles. The Labute approximate surface area is 123 Å². The van der Waals surface area contributed by atoms with Crippen LogP contribution in [0.3, 0.4) is 0 Å². The SMILES string of the molecule is Clc1cnn(CCOc2ccccc2CNC2CC2)c1. The number of halogens is 1. The first-order valence-electron chi connectivity index (χ1n) is 6.93. The fourth-order valence-corrected chi connectivity index (χ4v) is 2.20. The molecule has 1 aromatic carbocycles. The van der Waals surface area contributed by atoms with Crippen LogP contribution in [0.15, 0.2) is 36.7 Å². The minimum absolute atomic E-state index is 0.582. The second kappa shape index (κ2) is 6.29. The van der Waals surface area contributed by atoms with Crippen LogP contribution in [0, 0.1) is 0 Å². The molecule has 0 radical (unpaired) electrons. The molecular formula is C15H18ClN3O. The van der Waals surface area contributed by atoms with E-state index in [2.05, 4.69) is 16.5 Å². The molecule has 1 N–H and O–H groups in total. The Kier molecular flexibility index (Phi) is 4.23. The van der Waals surface area contributed by atoms with Crippen LogP contribution in [0.1, 0.15) is 18.4 Å². The third-order valence-electron chi connectivity index (χ3n) is 3.31. The van der Waals surface area contributed by atoms with E-state index in [9.17, 15) is 0 Å². The molecule has 1 aliphatic rings. The van der Waals surface area contributed by atoms with Crippen molar-refractivity contribution in [2.75, 3.05) is 6.61 Å². The van der Waals surface area contributed by atoms with E-state index in [1.165, 1.54) is 18.4 Å². The maximum absolute atomic E-state index is 5.86. The molecule has 20 heavy (non-hydrogen) atoms.